The van der Waals surface area contributed by atoms with E-state index in [2.05, 4.69) is 0 Å². The number of hydrogen-bond acceptors (Lipinski definition) is 4. The van der Waals surface area contributed by atoms with Crippen molar-refractivity contribution < 1.29 is 19.0 Å². The van der Waals surface area contributed by atoms with E-state index in [0.29, 0.717) is 6.61 Å². The summed E-state index contributed by atoms with van der Waals surface area (Å²) in [6.45, 7) is 7.56. The lowest BCUT2D eigenvalue weighted by Crippen LogP contribution is -2.52. The first-order valence-corrected chi connectivity index (χ1v) is 4.48. The molecule has 1 aliphatic rings. The van der Waals surface area contributed by atoms with Gasteiger partial charge in [-0.2, -0.15) is 0 Å². The van der Waals surface area contributed by atoms with Gasteiger partial charge in [-0.05, 0) is 27.7 Å². The van der Waals surface area contributed by atoms with Crippen LogP contribution in [0.1, 0.15) is 27.7 Å². The van der Waals surface area contributed by atoms with E-state index in [0.717, 1.165) is 0 Å². The van der Waals surface area contributed by atoms with Gasteiger partial charge < -0.3 is 14.2 Å². The third-order valence-corrected chi connectivity index (χ3v) is 1.91. The molecule has 0 aromatic heterocycles. The Balaban J connectivity index is 2.62. The number of rotatable bonds is 2. The lowest BCUT2D eigenvalue weighted by molar-refractivity contribution is -0.267. The summed E-state index contributed by atoms with van der Waals surface area (Å²) in [6, 6.07) is 0. The topological polar surface area (TPSA) is 44.8 Å². The van der Waals surface area contributed by atoms with E-state index < -0.39 is 11.9 Å². The zero-order valence-corrected chi connectivity index (χ0v) is 8.49. The Morgan fingerprint density at radius 1 is 1.54 bits per heavy atom. The van der Waals surface area contributed by atoms with E-state index in [1.165, 1.54) is 0 Å². The molecule has 4 heteroatoms. The van der Waals surface area contributed by atoms with Crippen LogP contribution in [0, 0.1) is 0 Å². The Bertz CT molecular complexity index is 200. The smallest absolute Gasteiger partial charge is 0.340 e. The molecule has 1 aliphatic heterocycles. The van der Waals surface area contributed by atoms with Gasteiger partial charge in [-0.3, -0.25) is 0 Å². The van der Waals surface area contributed by atoms with Gasteiger partial charge in [-0.25, -0.2) is 4.79 Å². The summed E-state index contributed by atoms with van der Waals surface area (Å²) in [5.74, 6) is -0.371. The summed E-state index contributed by atoms with van der Waals surface area (Å²) in [5, 5.41) is 0. The maximum atomic E-state index is 11.3. The van der Waals surface area contributed by atoms with Crippen molar-refractivity contribution in [3.63, 3.8) is 0 Å². The van der Waals surface area contributed by atoms with Gasteiger partial charge in [0.05, 0.1) is 0 Å². The molecule has 13 heavy (non-hydrogen) atoms. The Kier molecular flexibility index (Phi) is 2.93. The fourth-order valence-electron chi connectivity index (χ4n) is 1.25. The van der Waals surface area contributed by atoms with Crippen LogP contribution in [0.3, 0.4) is 0 Å². The number of carbonyl (C=O) groups excluding carboxylic acids is 1. The van der Waals surface area contributed by atoms with Crippen molar-refractivity contribution >= 4 is 5.97 Å². The molecule has 76 valence electrons. The molecule has 0 amide bonds. The minimum atomic E-state index is -0.854. The third kappa shape index (κ3) is 2.19. The predicted octanol–water partition coefficient (Wildman–Crippen LogP) is 1.09. The predicted molar refractivity (Wildman–Crippen MR) is 46.1 cm³/mol. The van der Waals surface area contributed by atoms with Crippen LogP contribution in [0.2, 0.25) is 0 Å². The molecule has 1 heterocycles. The molecule has 0 spiro atoms. The average Bonchev–Trinajstić information content (AvgIpc) is 2.00. The Labute approximate surface area is 78.2 Å². The van der Waals surface area contributed by atoms with E-state index in [1.807, 2.05) is 13.8 Å². The van der Waals surface area contributed by atoms with Crippen LogP contribution in [-0.2, 0) is 19.0 Å². The first-order chi connectivity index (χ1) is 5.97. The second-order valence-electron chi connectivity index (χ2n) is 3.56. The van der Waals surface area contributed by atoms with Gasteiger partial charge >= 0.3 is 5.97 Å². The highest BCUT2D eigenvalue weighted by Gasteiger charge is 2.42. The Morgan fingerprint density at radius 3 is 2.69 bits per heavy atom. The molecule has 0 aromatic rings. The molecule has 0 radical (unpaired) electrons. The fourth-order valence-corrected chi connectivity index (χ4v) is 1.25. The van der Waals surface area contributed by atoms with Crippen LogP contribution in [0.4, 0.5) is 0 Å². The van der Waals surface area contributed by atoms with Crippen LogP contribution < -0.4 is 0 Å². The van der Waals surface area contributed by atoms with E-state index in [9.17, 15) is 4.79 Å². The van der Waals surface area contributed by atoms with Crippen molar-refractivity contribution in [2.24, 2.45) is 0 Å². The number of cyclic esters (lactones) is 1. The number of esters is 1. The minimum absolute atomic E-state index is 0.215. The molecule has 2 atom stereocenters. The first-order valence-electron chi connectivity index (χ1n) is 4.48. The molecule has 0 bridgehead atoms. The van der Waals surface area contributed by atoms with Gasteiger partial charge in [-0.15, -0.1) is 0 Å². The monoisotopic (exact) mass is 188 g/mol. The highest BCUT2D eigenvalue weighted by atomic mass is 16.7. The highest BCUT2D eigenvalue weighted by molar-refractivity contribution is 5.79. The van der Waals surface area contributed by atoms with Crippen molar-refractivity contribution in [2.45, 2.75) is 45.7 Å². The Hall–Kier alpha value is -0.610. The molecular weight excluding hydrogens is 172 g/mol. The van der Waals surface area contributed by atoms with Crippen LogP contribution in [0.25, 0.3) is 0 Å². The molecule has 0 saturated carbocycles. The quantitative estimate of drug-likeness (QED) is 0.608. The molecule has 0 unspecified atom stereocenters. The lowest BCUT2D eigenvalue weighted by atomic mass is 10.1. The molecule has 4 nitrogen and oxygen atoms in total. The van der Waals surface area contributed by atoms with E-state index in [-0.39, 0.29) is 12.1 Å². The zero-order chi connectivity index (χ0) is 10.1. The molecule has 0 aromatic carbocycles. The number of ether oxygens (including phenoxy) is 3. The minimum Gasteiger partial charge on any atom is -0.431 e. The summed E-state index contributed by atoms with van der Waals surface area (Å²) >= 11 is 0. The van der Waals surface area contributed by atoms with Gasteiger partial charge in [0.25, 0.3) is 0 Å². The van der Waals surface area contributed by atoms with Gasteiger partial charge in [-0.1, -0.05) is 0 Å². The zero-order valence-electron chi connectivity index (χ0n) is 8.49. The number of hydrogen-bond donors (Lipinski definition) is 0. The molecule has 0 aliphatic carbocycles. The lowest BCUT2D eigenvalue weighted by Gasteiger charge is -2.37. The average molecular weight is 188 g/mol. The Morgan fingerprint density at radius 2 is 2.15 bits per heavy atom. The summed E-state index contributed by atoms with van der Waals surface area (Å²) < 4.78 is 15.7. The molecule has 1 fully saturated rings. The van der Waals surface area contributed by atoms with Crippen LogP contribution >= 0.6 is 0 Å². The van der Waals surface area contributed by atoms with E-state index in [1.54, 1.807) is 13.8 Å². The maximum absolute atomic E-state index is 11.3. The summed E-state index contributed by atoms with van der Waals surface area (Å²) in [7, 11) is 0. The highest BCUT2D eigenvalue weighted by Crippen LogP contribution is 2.24. The van der Waals surface area contributed by atoms with E-state index in [4.69, 9.17) is 14.2 Å². The van der Waals surface area contributed by atoms with Crippen molar-refractivity contribution in [2.75, 3.05) is 6.61 Å². The molecular formula is C9H16O4. The molecule has 1 rings (SSSR count). The van der Waals surface area contributed by atoms with Crippen molar-refractivity contribution in [1.29, 1.82) is 0 Å². The SMILES string of the molecule is CCO[C@H]1OC(=O)C(C)(C)O[C@H]1C. The summed E-state index contributed by atoms with van der Waals surface area (Å²) in [5.41, 5.74) is -0.854. The second-order valence-corrected chi connectivity index (χ2v) is 3.56. The third-order valence-electron chi connectivity index (χ3n) is 1.91. The van der Waals surface area contributed by atoms with Gasteiger partial charge in [0.15, 0.2) is 5.60 Å². The van der Waals surface area contributed by atoms with Gasteiger partial charge in [0, 0.05) is 6.61 Å². The van der Waals surface area contributed by atoms with Crippen LogP contribution in [0.5, 0.6) is 0 Å². The standard InChI is InChI=1S/C9H16O4/c1-5-11-7-6(2)13-9(3,4)8(10)12-7/h6-7H,5H2,1-4H3/t6-,7-/m0/s1. The van der Waals surface area contributed by atoms with Crippen molar-refractivity contribution in [3.8, 4) is 0 Å². The van der Waals surface area contributed by atoms with Gasteiger partial charge in [0.1, 0.15) is 6.10 Å². The van der Waals surface area contributed by atoms with Crippen molar-refractivity contribution in [1.82, 2.24) is 0 Å². The summed E-state index contributed by atoms with van der Waals surface area (Å²) in [6.07, 6.45) is -0.779. The van der Waals surface area contributed by atoms with Gasteiger partial charge in [0.2, 0.25) is 6.29 Å². The first kappa shape index (κ1) is 10.5. The fraction of sp³-hybridized carbons (Fsp3) is 0.889. The summed E-state index contributed by atoms with van der Waals surface area (Å²) in [4.78, 5) is 11.3. The van der Waals surface area contributed by atoms with Crippen LogP contribution in [0.15, 0.2) is 0 Å². The van der Waals surface area contributed by atoms with E-state index >= 15 is 0 Å². The second kappa shape index (κ2) is 3.64. The molecule has 0 N–H and O–H groups in total. The number of carbonyl (C=O) groups is 1. The largest absolute Gasteiger partial charge is 0.431 e. The molecule has 1 saturated heterocycles. The van der Waals surface area contributed by atoms with Crippen LogP contribution in [-0.4, -0.2) is 30.6 Å². The van der Waals surface area contributed by atoms with Crippen molar-refractivity contribution in [3.05, 3.63) is 0 Å². The normalized spacial score (nSPS) is 32.8. The maximum Gasteiger partial charge on any atom is 0.340 e.